The smallest absolute Gasteiger partial charge is 0.303 e. The highest BCUT2D eigenvalue weighted by molar-refractivity contribution is 5.66. The molecule has 2 unspecified atom stereocenters. The Morgan fingerprint density at radius 3 is 1.93 bits per heavy atom. The first-order chi connectivity index (χ1) is 14.7. The van der Waals surface area contributed by atoms with Crippen molar-refractivity contribution in [1.29, 1.82) is 0 Å². The lowest BCUT2D eigenvalue weighted by Crippen LogP contribution is -2.36. The van der Waals surface area contributed by atoms with Crippen LogP contribution in [0, 0.1) is 0 Å². The van der Waals surface area contributed by atoms with Crippen LogP contribution in [0.1, 0.15) is 90.9 Å². The van der Waals surface area contributed by atoms with Gasteiger partial charge in [-0.25, -0.2) is 0 Å². The van der Waals surface area contributed by atoms with E-state index in [-0.39, 0.29) is 26.2 Å². The molecule has 0 aromatic carbocycles. The summed E-state index contributed by atoms with van der Waals surface area (Å²) < 4.78 is 26.3. The molecule has 0 aromatic rings. The minimum absolute atomic E-state index is 0.121. The van der Waals surface area contributed by atoms with Crippen molar-refractivity contribution in [3.05, 3.63) is 12.2 Å². The van der Waals surface area contributed by atoms with Crippen molar-refractivity contribution >= 4 is 5.97 Å². The first-order valence-corrected chi connectivity index (χ1v) is 11.7. The Kier molecular flexibility index (Phi) is 22.0. The molecule has 178 valence electrons. The monoisotopic (exact) mass is 430 g/mol. The molecule has 0 aliphatic heterocycles. The maximum Gasteiger partial charge on any atom is 0.303 e. The highest BCUT2D eigenvalue weighted by Crippen LogP contribution is 2.13. The molecule has 0 amide bonds. The van der Waals surface area contributed by atoms with Crippen molar-refractivity contribution in [2.45, 2.75) is 103 Å². The van der Waals surface area contributed by atoms with Gasteiger partial charge in [0.05, 0.1) is 6.61 Å². The Balaban J connectivity index is 4.09. The zero-order valence-corrected chi connectivity index (χ0v) is 19.9. The van der Waals surface area contributed by atoms with Crippen LogP contribution in [0.4, 0.5) is 0 Å². The van der Waals surface area contributed by atoms with Gasteiger partial charge in [0, 0.05) is 21.1 Å². The number of carbonyl (C=O) groups is 1. The Labute approximate surface area is 184 Å². The second-order valence-corrected chi connectivity index (χ2v) is 7.72. The molecule has 0 aliphatic carbocycles. The summed E-state index contributed by atoms with van der Waals surface area (Å²) in [5, 5.41) is 0. The summed E-state index contributed by atoms with van der Waals surface area (Å²) in [6.45, 7) is 4.10. The van der Waals surface area contributed by atoms with Crippen LogP contribution in [-0.4, -0.2) is 52.6 Å². The molecule has 0 saturated heterocycles. The summed E-state index contributed by atoms with van der Waals surface area (Å²) in [5.74, 6) is -0.370. The molecule has 0 heterocycles. The van der Waals surface area contributed by atoms with E-state index < -0.39 is 12.2 Å². The second kappa shape index (κ2) is 22.7. The van der Waals surface area contributed by atoms with Gasteiger partial charge in [-0.05, 0) is 12.8 Å². The molecule has 6 heteroatoms. The zero-order valence-electron chi connectivity index (χ0n) is 19.9. The van der Waals surface area contributed by atoms with Crippen LogP contribution in [0.25, 0.3) is 0 Å². The summed E-state index contributed by atoms with van der Waals surface area (Å²) >= 11 is 0. The molecule has 30 heavy (non-hydrogen) atoms. The Morgan fingerprint density at radius 1 is 0.833 bits per heavy atom. The van der Waals surface area contributed by atoms with Crippen LogP contribution >= 0.6 is 0 Å². The normalized spacial score (nSPS) is 13.6. The topological polar surface area (TPSA) is 63.2 Å². The van der Waals surface area contributed by atoms with Gasteiger partial charge in [0.15, 0.2) is 6.10 Å². The molecule has 0 saturated carbocycles. The summed E-state index contributed by atoms with van der Waals surface area (Å²) in [6.07, 6.45) is 18.7. The zero-order chi connectivity index (χ0) is 22.3. The number of ether oxygens (including phenoxy) is 5. The fourth-order valence-corrected chi connectivity index (χ4v) is 3.25. The third-order valence-electron chi connectivity index (χ3n) is 4.85. The fraction of sp³-hybridized carbons (Fsp3) is 0.875. The summed E-state index contributed by atoms with van der Waals surface area (Å²) in [6, 6.07) is 0. The van der Waals surface area contributed by atoms with E-state index in [9.17, 15) is 4.79 Å². The number of methoxy groups -OCH3 is 2. The van der Waals surface area contributed by atoms with Gasteiger partial charge in [-0.2, -0.15) is 0 Å². The lowest BCUT2D eigenvalue weighted by Gasteiger charge is -2.24. The van der Waals surface area contributed by atoms with Crippen molar-refractivity contribution in [3.8, 4) is 0 Å². The number of hydrogen-bond donors (Lipinski definition) is 0. The minimum Gasteiger partial charge on any atom is -0.457 e. The highest BCUT2D eigenvalue weighted by atomic mass is 16.7. The third kappa shape index (κ3) is 19.0. The Hall–Kier alpha value is -0.950. The number of allylic oxidation sites excluding steroid dienone is 1. The third-order valence-corrected chi connectivity index (χ3v) is 4.85. The SMILES string of the molecule is CCCCCCCCCCCCC/C=C/C(OCOC)C(COCOC)OC(C)=O. The predicted molar refractivity (Wildman–Crippen MR) is 120 cm³/mol. The summed E-state index contributed by atoms with van der Waals surface area (Å²) in [5.41, 5.74) is 0. The molecule has 0 fully saturated rings. The average molecular weight is 431 g/mol. The van der Waals surface area contributed by atoms with Crippen LogP contribution < -0.4 is 0 Å². The molecule has 2 atom stereocenters. The fourth-order valence-electron chi connectivity index (χ4n) is 3.25. The molecular formula is C24H46O6. The van der Waals surface area contributed by atoms with Gasteiger partial charge in [0.1, 0.15) is 19.7 Å². The standard InChI is InChI=1S/C24H46O6/c1-5-6-7-8-9-10-11-12-13-14-15-16-17-18-23(29-21-27-4)24(30-22(2)25)19-28-20-26-3/h17-18,23-24H,5-16,19-21H2,1-4H3/b18-17+. The molecule has 0 bridgehead atoms. The van der Waals surface area contributed by atoms with E-state index in [1.165, 1.54) is 71.1 Å². The average Bonchev–Trinajstić information content (AvgIpc) is 2.72. The van der Waals surface area contributed by atoms with Crippen molar-refractivity contribution < 1.29 is 28.5 Å². The molecule has 6 nitrogen and oxygen atoms in total. The largest absolute Gasteiger partial charge is 0.457 e. The first kappa shape index (κ1) is 29.1. The summed E-state index contributed by atoms with van der Waals surface area (Å²) in [4.78, 5) is 11.4. The van der Waals surface area contributed by atoms with Crippen LogP contribution in [0.5, 0.6) is 0 Å². The molecule has 0 aliphatic rings. The number of esters is 1. The second-order valence-electron chi connectivity index (χ2n) is 7.72. The molecule has 0 N–H and O–H groups in total. The number of hydrogen-bond acceptors (Lipinski definition) is 6. The number of unbranched alkanes of at least 4 members (excludes halogenated alkanes) is 11. The van der Waals surface area contributed by atoms with Gasteiger partial charge in [-0.15, -0.1) is 0 Å². The van der Waals surface area contributed by atoms with Crippen LogP contribution in [-0.2, 0) is 28.5 Å². The first-order valence-electron chi connectivity index (χ1n) is 11.7. The van der Waals surface area contributed by atoms with Crippen LogP contribution in [0.15, 0.2) is 12.2 Å². The van der Waals surface area contributed by atoms with E-state index in [1.807, 2.05) is 6.08 Å². The van der Waals surface area contributed by atoms with Gasteiger partial charge >= 0.3 is 5.97 Å². The Morgan fingerprint density at radius 2 is 1.40 bits per heavy atom. The lowest BCUT2D eigenvalue weighted by molar-refractivity contribution is -0.169. The lowest BCUT2D eigenvalue weighted by atomic mass is 10.0. The van der Waals surface area contributed by atoms with E-state index in [1.54, 1.807) is 14.2 Å². The maximum absolute atomic E-state index is 11.4. The molecule has 0 rings (SSSR count). The van der Waals surface area contributed by atoms with E-state index in [0.717, 1.165) is 12.8 Å². The Bertz CT molecular complexity index is 399. The van der Waals surface area contributed by atoms with Gasteiger partial charge < -0.3 is 23.7 Å². The minimum atomic E-state index is -0.540. The van der Waals surface area contributed by atoms with Crippen molar-refractivity contribution in [1.82, 2.24) is 0 Å². The van der Waals surface area contributed by atoms with E-state index >= 15 is 0 Å². The quantitative estimate of drug-likeness (QED) is 0.0938. The van der Waals surface area contributed by atoms with Gasteiger partial charge in [0.25, 0.3) is 0 Å². The summed E-state index contributed by atoms with van der Waals surface area (Å²) in [7, 11) is 3.11. The van der Waals surface area contributed by atoms with Crippen molar-refractivity contribution in [3.63, 3.8) is 0 Å². The van der Waals surface area contributed by atoms with E-state index in [4.69, 9.17) is 23.7 Å². The van der Waals surface area contributed by atoms with Gasteiger partial charge in [-0.3, -0.25) is 4.79 Å². The van der Waals surface area contributed by atoms with E-state index in [2.05, 4.69) is 13.0 Å². The highest BCUT2D eigenvalue weighted by Gasteiger charge is 2.23. The molecule has 0 radical (unpaired) electrons. The predicted octanol–water partition coefficient (Wildman–Crippen LogP) is 5.79. The van der Waals surface area contributed by atoms with Crippen molar-refractivity contribution in [2.75, 3.05) is 34.4 Å². The van der Waals surface area contributed by atoms with Gasteiger partial charge in [0.2, 0.25) is 0 Å². The van der Waals surface area contributed by atoms with Gasteiger partial charge in [-0.1, -0.05) is 83.3 Å². The number of carbonyl (C=O) groups excluding carboxylic acids is 1. The molecule has 0 aromatic heterocycles. The van der Waals surface area contributed by atoms with Crippen molar-refractivity contribution in [2.24, 2.45) is 0 Å². The number of rotatable bonds is 22. The van der Waals surface area contributed by atoms with Crippen LogP contribution in [0.2, 0.25) is 0 Å². The van der Waals surface area contributed by atoms with E-state index in [0.29, 0.717) is 0 Å². The van der Waals surface area contributed by atoms with Crippen LogP contribution in [0.3, 0.4) is 0 Å². The maximum atomic E-state index is 11.4. The molecule has 0 spiro atoms. The molecular weight excluding hydrogens is 384 g/mol.